The highest BCUT2D eigenvalue weighted by Crippen LogP contribution is 2.32. The van der Waals surface area contributed by atoms with Crippen LogP contribution in [0.5, 0.6) is 0 Å². The highest BCUT2D eigenvalue weighted by molar-refractivity contribution is 7.86. The third-order valence-electron chi connectivity index (χ3n) is 7.72. The van der Waals surface area contributed by atoms with E-state index in [2.05, 4.69) is 79.7 Å². The summed E-state index contributed by atoms with van der Waals surface area (Å²) in [5.41, 5.74) is 2.63. The topological polar surface area (TPSA) is 270 Å². The summed E-state index contributed by atoms with van der Waals surface area (Å²) in [5, 5.41) is 38.2. The van der Waals surface area contributed by atoms with E-state index in [9.17, 15) is 25.9 Å². The van der Waals surface area contributed by atoms with Gasteiger partial charge in [-0.1, -0.05) is 49.6 Å². The van der Waals surface area contributed by atoms with E-state index in [1.54, 1.807) is 74.5 Å². The van der Waals surface area contributed by atoms with Gasteiger partial charge in [-0.3, -0.25) is 9.11 Å². The van der Waals surface area contributed by atoms with E-state index in [0.29, 0.717) is 22.8 Å². The van der Waals surface area contributed by atoms with Crippen LogP contribution in [-0.4, -0.2) is 40.9 Å². The molecule has 0 saturated heterocycles. The monoisotopic (exact) mass is 905 g/mol. The molecule has 0 unspecified atom stereocenters. The summed E-state index contributed by atoms with van der Waals surface area (Å²) < 4.78 is 68.4. The third kappa shape index (κ3) is 14.8. The number of azo groups is 4. The molecule has 1 aromatic heterocycles. The Morgan fingerprint density at radius 3 is 1.30 bits per heavy atom. The summed E-state index contributed by atoms with van der Waals surface area (Å²) in [7, 11) is -9.42. The van der Waals surface area contributed by atoms with Crippen molar-refractivity contribution in [3.05, 3.63) is 175 Å². The van der Waals surface area contributed by atoms with Gasteiger partial charge in [-0.25, -0.2) is 0 Å². The molecule has 0 radical (unpaired) electrons. The summed E-state index contributed by atoms with van der Waals surface area (Å²) in [4.78, 5) is 11.5. The lowest BCUT2D eigenvalue weighted by molar-refractivity contribution is 0.481. The van der Waals surface area contributed by atoms with Gasteiger partial charge < -0.3 is 10.6 Å². The Morgan fingerprint density at radius 2 is 0.937 bits per heavy atom. The standard InChI is InChI=1S/C41H36ClN13O6S2/c1-5-29(48-54-35-23-21-33(25-37(35)62(56,57)58)52-50-31-13-9-7-10-14-31)19-17-27(3)43-40-45-39(42)46-41(47-40)44-28(4)18-20-30(6-2)49-55-36-24-22-34(26-38(36)63(59,60)61)53-51-32-15-11-8-12-16-32/h5-26H,1-2H2,3-4H3,(H,56,57,58)(H,59,60,61)(H2,43,44,45,46,47)/b27-17+,28-18+,29-19+,30-20+,52-50?,53-51?,54-48?,55-49?. The number of nitrogens with one attached hydrogen (secondary N) is 2. The van der Waals surface area contributed by atoms with Gasteiger partial charge in [0.15, 0.2) is 0 Å². The average Bonchev–Trinajstić information content (AvgIpc) is 3.25. The normalized spacial score (nSPS) is 13.3. The smallest absolute Gasteiger partial charge is 0.296 e. The molecule has 4 aromatic carbocycles. The van der Waals surface area contributed by atoms with Crippen molar-refractivity contribution in [1.29, 1.82) is 0 Å². The maximum absolute atomic E-state index is 12.2. The Balaban J connectivity index is 1.25. The van der Waals surface area contributed by atoms with Gasteiger partial charge in [-0.15, -0.1) is 10.2 Å². The Hall–Kier alpha value is -7.56. The average molecular weight is 906 g/mol. The van der Waals surface area contributed by atoms with Crippen LogP contribution >= 0.6 is 11.6 Å². The van der Waals surface area contributed by atoms with Crippen LogP contribution in [0.1, 0.15) is 13.8 Å². The van der Waals surface area contributed by atoms with E-state index in [4.69, 9.17) is 11.6 Å². The minimum atomic E-state index is -4.71. The molecule has 63 heavy (non-hydrogen) atoms. The van der Waals surface area contributed by atoms with E-state index < -0.39 is 30.0 Å². The number of anilines is 2. The molecule has 0 spiro atoms. The molecule has 320 valence electrons. The highest BCUT2D eigenvalue weighted by atomic mass is 35.5. The van der Waals surface area contributed by atoms with Crippen LogP contribution in [-0.2, 0) is 20.2 Å². The van der Waals surface area contributed by atoms with Crippen LogP contribution < -0.4 is 10.6 Å². The minimum Gasteiger partial charge on any atom is -0.328 e. The van der Waals surface area contributed by atoms with Gasteiger partial charge in [0.2, 0.25) is 17.2 Å². The molecule has 22 heteroatoms. The minimum absolute atomic E-state index is 0.0786. The fourth-order valence-electron chi connectivity index (χ4n) is 4.76. The summed E-state index contributed by atoms with van der Waals surface area (Å²) in [6.45, 7) is 10.8. The Morgan fingerprint density at radius 1 is 0.556 bits per heavy atom. The van der Waals surface area contributed by atoms with Crippen molar-refractivity contribution >= 4 is 77.9 Å². The van der Waals surface area contributed by atoms with Crippen molar-refractivity contribution in [2.75, 3.05) is 10.6 Å². The first-order valence-corrected chi connectivity index (χ1v) is 21.3. The number of rotatable bonds is 18. The number of aromatic nitrogens is 3. The van der Waals surface area contributed by atoms with E-state index in [0.717, 1.165) is 12.1 Å². The molecular formula is C41H36ClN13O6S2. The molecular weight excluding hydrogens is 870 g/mol. The van der Waals surface area contributed by atoms with Gasteiger partial charge in [0, 0.05) is 11.4 Å². The fraction of sp³-hybridized carbons (Fsp3) is 0.0488. The summed E-state index contributed by atoms with van der Waals surface area (Å²) in [6, 6.07) is 25.5. The molecule has 0 aliphatic rings. The molecule has 5 aromatic rings. The number of allylic oxidation sites excluding steroid dienone is 8. The Labute approximate surface area is 367 Å². The maximum atomic E-state index is 12.2. The van der Waals surface area contributed by atoms with Crippen molar-refractivity contribution in [3.63, 3.8) is 0 Å². The fourth-order valence-corrected chi connectivity index (χ4v) is 6.20. The molecule has 19 nitrogen and oxygen atoms in total. The van der Waals surface area contributed by atoms with Gasteiger partial charge in [0.05, 0.1) is 34.1 Å². The van der Waals surface area contributed by atoms with Crippen molar-refractivity contribution in [3.8, 4) is 0 Å². The van der Waals surface area contributed by atoms with Gasteiger partial charge >= 0.3 is 0 Å². The molecule has 0 fully saturated rings. The molecule has 4 N–H and O–H groups in total. The summed E-state index contributed by atoms with van der Waals surface area (Å²) in [5.74, 6) is 0.157. The quantitative estimate of drug-likeness (QED) is 0.0364. The van der Waals surface area contributed by atoms with E-state index in [1.807, 2.05) is 12.1 Å². The lowest BCUT2D eigenvalue weighted by Gasteiger charge is -2.08. The zero-order chi connectivity index (χ0) is 45.4. The molecule has 0 aliphatic carbocycles. The molecule has 0 aliphatic heterocycles. The predicted octanol–water partition coefficient (Wildman–Crippen LogP) is 12.2. The first-order valence-electron chi connectivity index (χ1n) is 18.1. The molecule has 0 amide bonds. The van der Waals surface area contributed by atoms with E-state index >= 15 is 0 Å². The Bertz CT molecular complexity index is 2780. The summed E-state index contributed by atoms with van der Waals surface area (Å²) >= 11 is 6.19. The van der Waals surface area contributed by atoms with Crippen molar-refractivity contribution in [2.45, 2.75) is 23.6 Å². The maximum Gasteiger partial charge on any atom is 0.296 e. The number of hydrogen-bond acceptors (Lipinski definition) is 17. The largest absolute Gasteiger partial charge is 0.328 e. The van der Waals surface area contributed by atoms with Gasteiger partial charge in [0.25, 0.3) is 20.2 Å². The van der Waals surface area contributed by atoms with Crippen molar-refractivity contribution < 1.29 is 25.9 Å². The zero-order valence-electron chi connectivity index (χ0n) is 33.3. The lowest BCUT2D eigenvalue weighted by atomic mass is 10.3. The number of nitrogens with zero attached hydrogens (tertiary/aromatic N) is 11. The second-order valence-electron chi connectivity index (χ2n) is 12.5. The second-order valence-corrected chi connectivity index (χ2v) is 15.6. The van der Waals surface area contributed by atoms with E-state index in [1.165, 1.54) is 48.6 Å². The molecule has 0 saturated carbocycles. The van der Waals surface area contributed by atoms with Gasteiger partial charge in [0.1, 0.15) is 21.2 Å². The molecule has 0 atom stereocenters. The van der Waals surface area contributed by atoms with Crippen LogP contribution in [0.3, 0.4) is 0 Å². The van der Waals surface area contributed by atoms with E-state index in [-0.39, 0.29) is 51.3 Å². The second kappa shape index (κ2) is 21.8. The summed E-state index contributed by atoms with van der Waals surface area (Å²) in [6.07, 6.45) is 9.02. The van der Waals surface area contributed by atoms with Crippen LogP contribution in [0.2, 0.25) is 5.28 Å². The number of hydrogen-bond donors (Lipinski definition) is 4. The van der Waals surface area contributed by atoms with Gasteiger partial charge in [-0.2, -0.15) is 62.5 Å². The van der Waals surface area contributed by atoms with Crippen LogP contribution in [0.25, 0.3) is 0 Å². The molecule has 5 rings (SSSR count). The third-order valence-corrected chi connectivity index (χ3v) is 9.65. The van der Waals surface area contributed by atoms with Crippen molar-refractivity contribution in [2.24, 2.45) is 40.9 Å². The molecule has 1 heterocycles. The Kier molecular flexibility index (Phi) is 16.1. The first kappa shape index (κ1) is 46.5. The predicted molar refractivity (Wildman–Crippen MR) is 239 cm³/mol. The number of benzene rings is 4. The van der Waals surface area contributed by atoms with Gasteiger partial charge in [-0.05, 0) is 123 Å². The highest BCUT2D eigenvalue weighted by Gasteiger charge is 2.18. The molecule has 0 bridgehead atoms. The lowest BCUT2D eigenvalue weighted by Crippen LogP contribution is -2.07. The van der Waals surface area contributed by atoms with Crippen LogP contribution in [0.15, 0.2) is 220 Å². The van der Waals surface area contributed by atoms with Crippen molar-refractivity contribution in [1.82, 2.24) is 15.0 Å². The number of halogens is 1. The first-order chi connectivity index (χ1) is 30.1. The van der Waals surface area contributed by atoms with Crippen LogP contribution in [0.4, 0.5) is 46.0 Å². The SMILES string of the molecule is C=C/C(=C\C=C(/C)Nc1nc(Cl)nc(N/C(C)=C/C=C(\C=C)N=Nc2ccc(N=Nc3ccccc3)cc2S(=O)(=O)O)n1)N=Nc1ccc(N=Nc2ccccc2)cc1S(=O)(=O)O. The zero-order valence-corrected chi connectivity index (χ0v) is 35.6. The van der Waals surface area contributed by atoms with Crippen LogP contribution in [0, 0.1) is 0 Å².